The Bertz CT molecular complexity index is 617. The molecular formula is C19H23N3OS. The van der Waals surface area contributed by atoms with Crippen LogP contribution >= 0.6 is 11.8 Å². The normalized spacial score (nSPS) is 21.2. The van der Waals surface area contributed by atoms with Gasteiger partial charge in [0.15, 0.2) is 0 Å². The van der Waals surface area contributed by atoms with Crippen LogP contribution in [0.4, 0.5) is 4.79 Å². The van der Waals surface area contributed by atoms with E-state index >= 15 is 0 Å². The number of nitrogens with one attached hydrogen (secondary N) is 2. The Morgan fingerprint density at radius 1 is 1.25 bits per heavy atom. The zero-order valence-electron chi connectivity index (χ0n) is 13.9. The molecule has 1 aliphatic rings. The van der Waals surface area contributed by atoms with Crippen molar-refractivity contribution in [3.8, 4) is 0 Å². The highest BCUT2D eigenvalue weighted by Crippen LogP contribution is 2.36. The maximum atomic E-state index is 12.4. The number of benzene rings is 1. The molecule has 1 fully saturated rings. The molecule has 5 heteroatoms. The highest BCUT2D eigenvalue weighted by atomic mass is 32.2. The van der Waals surface area contributed by atoms with Gasteiger partial charge >= 0.3 is 6.03 Å². The topological polar surface area (TPSA) is 54.0 Å². The molecule has 0 saturated carbocycles. The lowest BCUT2D eigenvalue weighted by Gasteiger charge is -2.24. The zero-order chi connectivity index (χ0) is 16.8. The third-order valence-electron chi connectivity index (χ3n) is 4.32. The van der Waals surface area contributed by atoms with Gasteiger partial charge in [-0.05, 0) is 43.2 Å². The molecule has 1 aliphatic heterocycles. The van der Waals surface area contributed by atoms with Crippen LogP contribution in [-0.2, 0) is 0 Å². The first kappa shape index (κ1) is 16.8. The van der Waals surface area contributed by atoms with Gasteiger partial charge in [0.25, 0.3) is 0 Å². The Hall–Kier alpha value is -2.01. The zero-order valence-corrected chi connectivity index (χ0v) is 14.7. The van der Waals surface area contributed by atoms with Gasteiger partial charge in [-0.2, -0.15) is 11.8 Å². The van der Waals surface area contributed by atoms with Crippen LogP contribution in [0, 0.1) is 0 Å². The number of nitrogens with zero attached hydrogens (tertiary/aromatic N) is 1. The van der Waals surface area contributed by atoms with E-state index in [0.717, 1.165) is 17.7 Å². The summed E-state index contributed by atoms with van der Waals surface area (Å²) in [5.41, 5.74) is 1.85. The lowest BCUT2D eigenvalue weighted by molar-refractivity contribution is 0.237. The molecule has 0 radical (unpaired) electrons. The molecule has 3 rings (SSSR count). The van der Waals surface area contributed by atoms with Crippen LogP contribution in [0.1, 0.15) is 37.1 Å². The van der Waals surface area contributed by atoms with E-state index in [1.807, 2.05) is 60.3 Å². The van der Waals surface area contributed by atoms with Crippen molar-refractivity contribution in [2.24, 2.45) is 0 Å². The summed E-state index contributed by atoms with van der Waals surface area (Å²) in [5.74, 6) is 1.18. The number of carbonyl (C=O) groups is 1. The number of hydrogen-bond acceptors (Lipinski definition) is 3. The van der Waals surface area contributed by atoms with Gasteiger partial charge in [0.2, 0.25) is 0 Å². The van der Waals surface area contributed by atoms with E-state index in [0.29, 0.717) is 6.54 Å². The summed E-state index contributed by atoms with van der Waals surface area (Å²) in [5, 5.41) is 6.11. The minimum Gasteiger partial charge on any atom is -0.337 e. The SMILES string of the molecule is C[C@]1(CNC(=O)N[C@H](c2ccccc2)c2ccccn2)CCCS1. The van der Waals surface area contributed by atoms with Crippen molar-refractivity contribution in [1.29, 1.82) is 0 Å². The maximum absolute atomic E-state index is 12.4. The smallest absolute Gasteiger partial charge is 0.315 e. The number of urea groups is 1. The van der Waals surface area contributed by atoms with Gasteiger partial charge in [0, 0.05) is 17.5 Å². The lowest BCUT2D eigenvalue weighted by atomic mass is 10.0. The summed E-state index contributed by atoms with van der Waals surface area (Å²) in [6, 6.07) is 15.3. The fraction of sp³-hybridized carbons (Fsp3) is 0.368. The van der Waals surface area contributed by atoms with Crippen LogP contribution in [0.25, 0.3) is 0 Å². The summed E-state index contributed by atoms with van der Waals surface area (Å²) in [6.45, 7) is 2.91. The monoisotopic (exact) mass is 341 g/mol. The van der Waals surface area contributed by atoms with Crippen LogP contribution in [0.5, 0.6) is 0 Å². The van der Waals surface area contributed by atoms with Gasteiger partial charge in [-0.15, -0.1) is 0 Å². The molecule has 1 aromatic carbocycles. The summed E-state index contributed by atoms with van der Waals surface area (Å²) in [4.78, 5) is 16.9. The number of amides is 2. The number of rotatable bonds is 5. The predicted octanol–water partition coefficient (Wildman–Crippen LogP) is 3.76. The highest BCUT2D eigenvalue weighted by molar-refractivity contribution is 8.00. The summed E-state index contributed by atoms with van der Waals surface area (Å²) in [7, 11) is 0. The Labute approximate surface area is 147 Å². The average molecular weight is 341 g/mol. The van der Waals surface area contributed by atoms with Gasteiger partial charge in [-0.3, -0.25) is 4.98 Å². The second kappa shape index (κ2) is 7.71. The van der Waals surface area contributed by atoms with E-state index in [9.17, 15) is 4.79 Å². The Morgan fingerprint density at radius 3 is 2.71 bits per heavy atom. The molecule has 1 saturated heterocycles. The summed E-state index contributed by atoms with van der Waals surface area (Å²) >= 11 is 1.94. The van der Waals surface area contributed by atoms with Crippen molar-refractivity contribution in [1.82, 2.24) is 15.6 Å². The Balaban J connectivity index is 1.69. The number of carbonyl (C=O) groups excluding carboxylic acids is 1. The molecule has 2 N–H and O–H groups in total. The molecule has 0 spiro atoms. The number of hydrogen-bond donors (Lipinski definition) is 2. The van der Waals surface area contributed by atoms with Crippen LogP contribution in [0.3, 0.4) is 0 Å². The first-order valence-corrected chi connectivity index (χ1v) is 9.29. The van der Waals surface area contributed by atoms with Crippen molar-refractivity contribution in [2.75, 3.05) is 12.3 Å². The first-order chi connectivity index (χ1) is 11.7. The Morgan fingerprint density at radius 2 is 2.04 bits per heavy atom. The fourth-order valence-electron chi connectivity index (χ4n) is 2.95. The van der Waals surface area contributed by atoms with Crippen LogP contribution in [-0.4, -0.2) is 28.1 Å². The van der Waals surface area contributed by atoms with Gasteiger partial charge in [-0.25, -0.2) is 4.79 Å². The fourth-order valence-corrected chi connectivity index (χ4v) is 4.19. The summed E-state index contributed by atoms with van der Waals surface area (Å²) in [6.07, 6.45) is 4.13. The van der Waals surface area contributed by atoms with E-state index in [1.165, 1.54) is 12.2 Å². The van der Waals surface area contributed by atoms with Crippen molar-refractivity contribution in [3.05, 3.63) is 66.0 Å². The molecule has 0 bridgehead atoms. The molecule has 2 aromatic rings. The number of aromatic nitrogens is 1. The van der Waals surface area contributed by atoms with E-state index in [4.69, 9.17) is 0 Å². The third-order valence-corrected chi connectivity index (χ3v) is 5.85. The van der Waals surface area contributed by atoms with Gasteiger partial charge < -0.3 is 10.6 Å². The van der Waals surface area contributed by atoms with E-state index in [-0.39, 0.29) is 16.8 Å². The molecule has 24 heavy (non-hydrogen) atoms. The van der Waals surface area contributed by atoms with Gasteiger partial charge in [0.05, 0.1) is 11.7 Å². The number of thioether (sulfide) groups is 1. The molecule has 2 atom stereocenters. The van der Waals surface area contributed by atoms with E-state index in [1.54, 1.807) is 6.20 Å². The summed E-state index contributed by atoms with van der Waals surface area (Å²) < 4.78 is 0.157. The minimum atomic E-state index is -0.253. The van der Waals surface area contributed by atoms with Gasteiger partial charge in [0.1, 0.15) is 0 Å². The molecule has 1 aromatic heterocycles. The maximum Gasteiger partial charge on any atom is 0.315 e. The highest BCUT2D eigenvalue weighted by Gasteiger charge is 2.30. The standard InChI is InChI=1S/C19H23N3OS/c1-19(11-7-13-24-19)14-21-18(23)22-17(15-8-3-2-4-9-15)16-10-5-6-12-20-16/h2-6,8-10,12,17H,7,11,13-14H2,1H3,(H2,21,22,23)/t17-,19-/m1/s1. The average Bonchev–Trinajstić information content (AvgIpc) is 3.06. The molecule has 0 aliphatic carbocycles. The number of pyridine rings is 1. The quantitative estimate of drug-likeness (QED) is 0.871. The predicted molar refractivity (Wildman–Crippen MR) is 99.2 cm³/mol. The molecule has 2 heterocycles. The van der Waals surface area contributed by atoms with Crippen LogP contribution < -0.4 is 10.6 Å². The molecule has 2 amide bonds. The third kappa shape index (κ3) is 4.29. The van der Waals surface area contributed by atoms with Crippen molar-refractivity contribution in [3.63, 3.8) is 0 Å². The van der Waals surface area contributed by atoms with E-state index < -0.39 is 0 Å². The van der Waals surface area contributed by atoms with Crippen molar-refractivity contribution in [2.45, 2.75) is 30.6 Å². The van der Waals surface area contributed by atoms with Crippen molar-refractivity contribution < 1.29 is 4.79 Å². The molecule has 4 nitrogen and oxygen atoms in total. The van der Waals surface area contributed by atoms with Crippen molar-refractivity contribution >= 4 is 17.8 Å². The largest absolute Gasteiger partial charge is 0.337 e. The molecule has 0 unspecified atom stereocenters. The van der Waals surface area contributed by atoms with Crippen LogP contribution in [0.2, 0.25) is 0 Å². The van der Waals surface area contributed by atoms with E-state index in [2.05, 4.69) is 22.5 Å². The molecular weight excluding hydrogens is 318 g/mol. The first-order valence-electron chi connectivity index (χ1n) is 8.30. The second-order valence-corrected chi connectivity index (χ2v) is 8.01. The lowest BCUT2D eigenvalue weighted by Crippen LogP contribution is -2.44. The molecule has 126 valence electrons. The van der Waals surface area contributed by atoms with Gasteiger partial charge in [-0.1, -0.05) is 36.4 Å². The minimum absolute atomic E-state index is 0.150. The van der Waals surface area contributed by atoms with Crippen LogP contribution in [0.15, 0.2) is 54.7 Å². The second-order valence-electron chi connectivity index (χ2n) is 6.33. The Kier molecular flexibility index (Phi) is 5.41.